The first-order valence-electron chi connectivity index (χ1n) is 4.74. The molecular formula is C11H14ClN3. The van der Waals surface area contributed by atoms with Crippen LogP contribution in [-0.2, 0) is 6.54 Å². The van der Waals surface area contributed by atoms with E-state index in [1.807, 2.05) is 13.1 Å². The lowest BCUT2D eigenvalue weighted by molar-refractivity contribution is 0.336. The highest BCUT2D eigenvalue weighted by Gasteiger charge is 2.04. The molecule has 0 unspecified atom stereocenters. The standard InChI is InChI=1S/C11H14ClN3/c1-15(5-4-13)8-10-3-2-9(7-14)6-11(10)12/h2-3,6H,4-5,8,13H2,1H3. The van der Waals surface area contributed by atoms with Gasteiger partial charge in [-0.05, 0) is 24.7 Å². The lowest BCUT2D eigenvalue weighted by Crippen LogP contribution is -2.25. The summed E-state index contributed by atoms with van der Waals surface area (Å²) >= 11 is 6.04. The van der Waals surface area contributed by atoms with Crippen LogP contribution in [0, 0.1) is 11.3 Å². The van der Waals surface area contributed by atoms with Crippen molar-refractivity contribution in [3.63, 3.8) is 0 Å². The van der Waals surface area contributed by atoms with Crippen LogP contribution in [-0.4, -0.2) is 25.0 Å². The van der Waals surface area contributed by atoms with Crippen LogP contribution in [0.15, 0.2) is 18.2 Å². The maximum Gasteiger partial charge on any atom is 0.0992 e. The predicted octanol–water partition coefficient (Wildman–Crippen LogP) is 1.60. The van der Waals surface area contributed by atoms with Crippen LogP contribution in [0.25, 0.3) is 0 Å². The summed E-state index contributed by atoms with van der Waals surface area (Å²) in [5.74, 6) is 0. The van der Waals surface area contributed by atoms with Gasteiger partial charge >= 0.3 is 0 Å². The summed E-state index contributed by atoms with van der Waals surface area (Å²) in [6.45, 7) is 2.21. The minimum atomic E-state index is 0.588. The SMILES string of the molecule is CN(CCN)Cc1ccc(C#N)cc1Cl. The zero-order valence-electron chi connectivity index (χ0n) is 8.70. The van der Waals surface area contributed by atoms with E-state index in [-0.39, 0.29) is 0 Å². The number of nitrogens with zero attached hydrogens (tertiary/aromatic N) is 2. The van der Waals surface area contributed by atoms with Crippen molar-refractivity contribution in [3.8, 4) is 6.07 Å². The maximum atomic E-state index is 8.68. The molecule has 1 aromatic carbocycles. The van der Waals surface area contributed by atoms with E-state index in [0.29, 0.717) is 17.1 Å². The molecule has 0 saturated carbocycles. The molecule has 1 aromatic rings. The van der Waals surface area contributed by atoms with E-state index >= 15 is 0 Å². The van der Waals surface area contributed by atoms with Crippen molar-refractivity contribution in [2.24, 2.45) is 5.73 Å². The van der Waals surface area contributed by atoms with Gasteiger partial charge in [0.2, 0.25) is 0 Å². The Bertz CT molecular complexity index is 371. The molecule has 0 fully saturated rings. The molecule has 4 heteroatoms. The van der Waals surface area contributed by atoms with E-state index in [1.165, 1.54) is 0 Å². The predicted molar refractivity (Wildman–Crippen MR) is 61.6 cm³/mol. The Kier molecular flexibility index (Phi) is 4.57. The van der Waals surface area contributed by atoms with Crippen LogP contribution in [0.3, 0.4) is 0 Å². The maximum absolute atomic E-state index is 8.68. The molecule has 0 bridgehead atoms. The summed E-state index contributed by atoms with van der Waals surface area (Å²) in [7, 11) is 1.99. The second-order valence-corrected chi connectivity index (χ2v) is 3.85. The number of likely N-dealkylation sites (N-methyl/N-ethyl adjacent to an activating group) is 1. The summed E-state index contributed by atoms with van der Waals surface area (Å²) in [5.41, 5.74) is 7.06. The highest BCUT2D eigenvalue weighted by molar-refractivity contribution is 6.31. The van der Waals surface area contributed by atoms with Crippen LogP contribution in [0.2, 0.25) is 5.02 Å². The minimum Gasteiger partial charge on any atom is -0.329 e. The molecular weight excluding hydrogens is 210 g/mol. The van der Waals surface area contributed by atoms with E-state index in [0.717, 1.165) is 18.7 Å². The molecule has 1 rings (SSSR count). The van der Waals surface area contributed by atoms with E-state index < -0.39 is 0 Å². The molecule has 0 atom stereocenters. The van der Waals surface area contributed by atoms with Crippen molar-refractivity contribution in [3.05, 3.63) is 34.3 Å². The summed E-state index contributed by atoms with van der Waals surface area (Å²) in [6.07, 6.45) is 0. The number of nitriles is 1. The third-order valence-electron chi connectivity index (χ3n) is 2.13. The fraction of sp³-hybridized carbons (Fsp3) is 0.364. The third kappa shape index (κ3) is 3.52. The van der Waals surface area contributed by atoms with Crippen LogP contribution < -0.4 is 5.73 Å². The first-order valence-corrected chi connectivity index (χ1v) is 5.12. The lowest BCUT2D eigenvalue weighted by Gasteiger charge is -2.16. The molecule has 0 aliphatic heterocycles. The van der Waals surface area contributed by atoms with E-state index in [1.54, 1.807) is 12.1 Å². The minimum absolute atomic E-state index is 0.588. The zero-order valence-corrected chi connectivity index (χ0v) is 9.46. The van der Waals surface area contributed by atoms with Crippen molar-refractivity contribution in [1.29, 1.82) is 5.26 Å². The molecule has 0 spiro atoms. The number of hydrogen-bond acceptors (Lipinski definition) is 3. The van der Waals surface area contributed by atoms with Crippen LogP contribution in [0.5, 0.6) is 0 Å². The molecule has 15 heavy (non-hydrogen) atoms. The van der Waals surface area contributed by atoms with Gasteiger partial charge in [-0.3, -0.25) is 0 Å². The van der Waals surface area contributed by atoms with Crippen molar-refractivity contribution < 1.29 is 0 Å². The van der Waals surface area contributed by atoms with Crippen molar-refractivity contribution in [2.45, 2.75) is 6.54 Å². The largest absolute Gasteiger partial charge is 0.329 e. The normalized spacial score (nSPS) is 10.3. The van der Waals surface area contributed by atoms with E-state index in [2.05, 4.69) is 11.0 Å². The molecule has 80 valence electrons. The van der Waals surface area contributed by atoms with Gasteiger partial charge in [0.25, 0.3) is 0 Å². The Hall–Kier alpha value is -1.08. The number of rotatable bonds is 4. The molecule has 2 N–H and O–H groups in total. The number of nitrogens with two attached hydrogens (primary N) is 1. The highest BCUT2D eigenvalue weighted by Crippen LogP contribution is 2.18. The van der Waals surface area contributed by atoms with E-state index in [4.69, 9.17) is 22.6 Å². The van der Waals surface area contributed by atoms with Gasteiger partial charge in [-0.25, -0.2) is 0 Å². The average molecular weight is 224 g/mol. The first kappa shape index (κ1) is 12.0. The summed E-state index contributed by atoms with van der Waals surface area (Å²) in [6, 6.07) is 7.40. The average Bonchev–Trinajstić information content (AvgIpc) is 2.21. The monoisotopic (exact) mass is 223 g/mol. The highest BCUT2D eigenvalue weighted by atomic mass is 35.5. The van der Waals surface area contributed by atoms with Gasteiger partial charge in [-0.1, -0.05) is 17.7 Å². The number of halogens is 1. The molecule has 0 aliphatic rings. The van der Waals surface area contributed by atoms with Gasteiger partial charge in [-0.2, -0.15) is 5.26 Å². The molecule has 0 aliphatic carbocycles. The van der Waals surface area contributed by atoms with Crippen molar-refractivity contribution in [2.75, 3.05) is 20.1 Å². The number of hydrogen-bond donors (Lipinski definition) is 1. The molecule has 0 aromatic heterocycles. The summed E-state index contributed by atoms with van der Waals surface area (Å²) in [4.78, 5) is 2.09. The molecule has 0 radical (unpaired) electrons. The summed E-state index contributed by atoms with van der Waals surface area (Å²) in [5, 5.41) is 9.32. The van der Waals surface area contributed by atoms with Crippen molar-refractivity contribution >= 4 is 11.6 Å². The Labute approximate surface area is 95.1 Å². The van der Waals surface area contributed by atoms with Gasteiger partial charge in [0.1, 0.15) is 0 Å². The second kappa shape index (κ2) is 5.72. The Morgan fingerprint density at radius 3 is 2.80 bits per heavy atom. The Balaban J connectivity index is 2.74. The van der Waals surface area contributed by atoms with Crippen LogP contribution in [0.4, 0.5) is 0 Å². The Morgan fingerprint density at radius 2 is 2.27 bits per heavy atom. The molecule has 0 heterocycles. The molecule has 0 amide bonds. The van der Waals surface area contributed by atoms with Crippen LogP contribution in [0.1, 0.15) is 11.1 Å². The quantitative estimate of drug-likeness (QED) is 0.844. The van der Waals surface area contributed by atoms with Gasteiger partial charge in [-0.15, -0.1) is 0 Å². The fourth-order valence-electron chi connectivity index (χ4n) is 1.34. The zero-order chi connectivity index (χ0) is 11.3. The second-order valence-electron chi connectivity index (χ2n) is 3.44. The van der Waals surface area contributed by atoms with Crippen LogP contribution >= 0.6 is 11.6 Å². The van der Waals surface area contributed by atoms with Gasteiger partial charge in [0.15, 0.2) is 0 Å². The summed E-state index contributed by atoms with van der Waals surface area (Å²) < 4.78 is 0. The van der Waals surface area contributed by atoms with Gasteiger partial charge < -0.3 is 10.6 Å². The van der Waals surface area contributed by atoms with Gasteiger partial charge in [0, 0.05) is 24.7 Å². The fourth-order valence-corrected chi connectivity index (χ4v) is 1.58. The topological polar surface area (TPSA) is 53.0 Å². The lowest BCUT2D eigenvalue weighted by atomic mass is 10.1. The van der Waals surface area contributed by atoms with Crippen molar-refractivity contribution in [1.82, 2.24) is 4.90 Å². The van der Waals surface area contributed by atoms with Gasteiger partial charge in [0.05, 0.1) is 11.6 Å². The van der Waals surface area contributed by atoms with E-state index in [9.17, 15) is 0 Å². The molecule has 3 nitrogen and oxygen atoms in total. The number of benzene rings is 1. The molecule has 0 saturated heterocycles. The third-order valence-corrected chi connectivity index (χ3v) is 2.49. The first-order chi connectivity index (χ1) is 7.17. The smallest absolute Gasteiger partial charge is 0.0992 e. The Morgan fingerprint density at radius 1 is 1.53 bits per heavy atom.